The van der Waals surface area contributed by atoms with Crippen molar-refractivity contribution in [2.75, 3.05) is 25.5 Å². The third kappa shape index (κ3) is 5.79. The summed E-state index contributed by atoms with van der Waals surface area (Å²) >= 11 is 2.07. The molecule has 15 heavy (non-hydrogen) atoms. The van der Waals surface area contributed by atoms with Crippen LogP contribution in [0.1, 0.15) is 33.6 Å². The van der Waals surface area contributed by atoms with Gasteiger partial charge in [0.2, 0.25) is 0 Å². The zero-order valence-corrected chi connectivity index (χ0v) is 11.1. The van der Waals surface area contributed by atoms with Crippen LogP contribution in [0, 0.1) is 5.92 Å². The third-order valence-electron chi connectivity index (χ3n) is 2.87. The summed E-state index contributed by atoms with van der Waals surface area (Å²) in [5, 5.41) is 4.35. The summed E-state index contributed by atoms with van der Waals surface area (Å²) in [7, 11) is 0. The largest absolute Gasteiger partial charge is 0.380 e. The summed E-state index contributed by atoms with van der Waals surface area (Å²) in [5.41, 5.74) is 0. The van der Waals surface area contributed by atoms with Gasteiger partial charge >= 0.3 is 0 Å². The predicted octanol–water partition coefficient (Wildman–Crippen LogP) is 2.53. The molecule has 0 bridgehead atoms. The Kier molecular flexibility index (Phi) is 6.69. The van der Waals surface area contributed by atoms with Crippen LogP contribution in [0.5, 0.6) is 0 Å². The summed E-state index contributed by atoms with van der Waals surface area (Å²) in [5.74, 6) is 2.07. The molecule has 90 valence electrons. The Hall–Kier alpha value is 0.270. The Morgan fingerprint density at radius 3 is 2.80 bits per heavy atom. The van der Waals surface area contributed by atoms with Crippen LogP contribution in [0.4, 0.5) is 0 Å². The van der Waals surface area contributed by atoms with E-state index < -0.39 is 0 Å². The third-order valence-corrected chi connectivity index (χ3v) is 4.19. The van der Waals surface area contributed by atoms with Crippen molar-refractivity contribution in [2.24, 2.45) is 5.92 Å². The van der Waals surface area contributed by atoms with Crippen LogP contribution in [-0.4, -0.2) is 36.8 Å². The average molecular weight is 231 g/mol. The molecule has 0 amide bonds. The minimum Gasteiger partial charge on any atom is -0.380 e. The lowest BCUT2D eigenvalue weighted by Crippen LogP contribution is -2.35. The minimum atomic E-state index is 0.712. The van der Waals surface area contributed by atoms with Crippen LogP contribution >= 0.6 is 11.8 Å². The van der Waals surface area contributed by atoms with E-state index in [0.717, 1.165) is 30.9 Å². The second-order valence-electron chi connectivity index (χ2n) is 4.72. The van der Waals surface area contributed by atoms with Gasteiger partial charge < -0.3 is 10.1 Å². The molecule has 0 aromatic carbocycles. The zero-order chi connectivity index (χ0) is 11.1. The highest BCUT2D eigenvalue weighted by Gasteiger charge is 2.22. The average Bonchev–Trinajstić information content (AvgIpc) is 2.57. The molecule has 1 saturated heterocycles. The standard InChI is InChI=1S/C12H25NOS/c1-10(2)4-7-14-8-6-13-12-5-9-15-11(12)3/h10-13H,4-9H2,1-3H3. The fourth-order valence-corrected chi connectivity index (χ4v) is 2.96. The Labute approximate surface area is 98.5 Å². The SMILES string of the molecule is CC(C)CCOCCNC1CCSC1C. The first-order valence-corrected chi connectivity index (χ1v) is 7.17. The molecule has 1 aliphatic rings. The molecule has 0 saturated carbocycles. The monoisotopic (exact) mass is 231 g/mol. The van der Waals surface area contributed by atoms with E-state index in [2.05, 4.69) is 37.8 Å². The number of ether oxygens (including phenoxy) is 1. The first-order chi connectivity index (χ1) is 7.20. The van der Waals surface area contributed by atoms with Crippen LogP contribution < -0.4 is 5.32 Å². The maximum absolute atomic E-state index is 5.57. The number of rotatable bonds is 7. The lowest BCUT2D eigenvalue weighted by molar-refractivity contribution is 0.123. The molecule has 1 rings (SSSR count). The van der Waals surface area contributed by atoms with E-state index >= 15 is 0 Å². The van der Waals surface area contributed by atoms with E-state index in [0.29, 0.717) is 6.04 Å². The van der Waals surface area contributed by atoms with Crippen molar-refractivity contribution in [3.05, 3.63) is 0 Å². The van der Waals surface area contributed by atoms with E-state index in [1.165, 1.54) is 18.6 Å². The maximum Gasteiger partial charge on any atom is 0.0591 e. The Balaban J connectivity index is 1.88. The molecule has 0 aromatic heterocycles. The number of nitrogens with one attached hydrogen (secondary N) is 1. The van der Waals surface area contributed by atoms with E-state index in [-0.39, 0.29) is 0 Å². The van der Waals surface area contributed by atoms with Gasteiger partial charge in [0.05, 0.1) is 6.61 Å². The zero-order valence-electron chi connectivity index (χ0n) is 10.3. The first-order valence-electron chi connectivity index (χ1n) is 6.13. The lowest BCUT2D eigenvalue weighted by Gasteiger charge is -2.16. The van der Waals surface area contributed by atoms with Gasteiger partial charge in [0.15, 0.2) is 0 Å². The van der Waals surface area contributed by atoms with Crippen LogP contribution in [0.3, 0.4) is 0 Å². The maximum atomic E-state index is 5.57. The molecular weight excluding hydrogens is 206 g/mol. The molecule has 0 spiro atoms. The summed E-state index contributed by atoms with van der Waals surface area (Å²) in [6.07, 6.45) is 2.49. The number of hydrogen-bond acceptors (Lipinski definition) is 3. The lowest BCUT2D eigenvalue weighted by atomic mass is 10.1. The van der Waals surface area contributed by atoms with Crippen molar-refractivity contribution in [3.8, 4) is 0 Å². The smallest absolute Gasteiger partial charge is 0.0591 e. The molecular formula is C12H25NOS. The van der Waals surface area contributed by atoms with Gasteiger partial charge in [0, 0.05) is 24.4 Å². The second kappa shape index (κ2) is 7.53. The van der Waals surface area contributed by atoms with Crippen LogP contribution in [-0.2, 0) is 4.74 Å². The molecule has 1 fully saturated rings. The molecule has 1 aliphatic heterocycles. The topological polar surface area (TPSA) is 21.3 Å². The highest BCUT2D eigenvalue weighted by molar-refractivity contribution is 8.00. The minimum absolute atomic E-state index is 0.712. The molecule has 1 N–H and O–H groups in total. The van der Waals surface area contributed by atoms with E-state index in [1.807, 2.05) is 0 Å². The van der Waals surface area contributed by atoms with Crippen molar-refractivity contribution in [1.29, 1.82) is 0 Å². The summed E-state index contributed by atoms with van der Waals surface area (Å²) in [4.78, 5) is 0. The van der Waals surface area contributed by atoms with Crippen LogP contribution in [0.15, 0.2) is 0 Å². The van der Waals surface area contributed by atoms with E-state index in [4.69, 9.17) is 4.74 Å². The quantitative estimate of drug-likeness (QED) is 0.680. The van der Waals surface area contributed by atoms with Crippen molar-refractivity contribution in [3.63, 3.8) is 0 Å². The normalized spacial score (nSPS) is 26.4. The Morgan fingerprint density at radius 1 is 1.40 bits per heavy atom. The van der Waals surface area contributed by atoms with Crippen LogP contribution in [0.2, 0.25) is 0 Å². The second-order valence-corrected chi connectivity index (χ2v) is 6.21. The fourth-order valence-electron chi connectivity index (χ4n) is 1.74. The fraction of sp³-hybridized carbons (Fsp3) is 1.00. The molecule has 0 aliphatic carbocycles. The number of thioether (sulfide) groups is 1. The van der Waals surface area contributed by atoms with Crippen molar-refractivity contribution in [2.45, 2.75) is 44.9 Å². The van der Waals surface area contributed by atoms with Crippen molar-refractivity contribution >= 4 is 11.8 Å². The van der Waals surface area contributed by atoms with Gasteiger partial charge in [-0.05, 0) is 24.5 Å². The Bertz CT molecular complexity index is 164. The molecule has 1 heterocycles. The van der Waals surface area contributed by atoms with Gasteiger partial charge in [0.25, 0.3) is 0 Å². The first kappa shape index (κ1) is 13.3. The van der Waals surface area contributed by atoms with E-state index in [9.17, 15) is 0 Å². The highest BCUT2D eigenvalue weighted by Crippen LogP contribution is 2.25. The van der Waals surface area contributed by atoms with E-state index in [1.54, 1.807) is 0 Å². The molecule has 3 heteroatoms. The molecule has 2 nitrogen and oxygen atoms in total. The van der Waals surface area contributed by atoms with Crippen molar-refractivity contribution < 1.29 is 4.74 Å². The van der Waals surface area contributed by atoms with Gasteiger partial charge in [-0.1, -0.05) is 20.8 Å². The summed E-state index contributed by atoms with van der Waals surface area (Å²) < 4.78 is 5.57. The molecule has 0 radical (unpaired) electrons. The van der Waals surface area contributed by atoms with Crippen LogP contribution in [0.25, 0.3) is 0 Å². The molecule has 2 atom stereocenters. The van der Waals surface area contributed by atoms with Gasteiger partial charge in [-0.3, -0.25) is 0 Å². The van der Waals surface area contributed by atoms with Gasteiger partial charge in [0.1, 0.15) is 0 Å². The van der Waals surface area contributed by atoms with Gasteiger partial charge in [-0.25, -0.2) is 0 Å². The molecule has 2 unspecified atom stereocenters. The Morgan fingerprint density at radius 2 is 2.20 bits per heavy atom. The number of hydrogen-bond donors (Lipinski definition) is 1. The van der Waals surface area contributed by atoms with Gasteiger partial charge in [-0.15, -0.1) is 0 Å². The highest BCUT2D eigenvalue weighted by atomic mass is 32.2. The summed E-state index contributed by atoms with van der Waals surface area (Å²) in [6, 6.07) is 0.712. The summed E-state index contributed by atoms with van der Waals surface area (Å²) in [6.45, 7) is 9.57. The van der Waals surface area contributed by atoms with Gasteiger partial charge in [-0.2, -0.15) is 11.8 Å². The predicted molar refractivity (Wildman–Crippen MR) is 68.6 cm³/mol. The van der Waals surface area contributed by atoms with Crippen molar-refractivity contribution in [1.82, 2.24) is 5.32 Å². The molecule has 0 aromatic rings.